The van der Waals surface area contributed by atoms with Gasteiger partial charge in [-0.1, -0.05) is 13.0 Å². The van der Waals surface area contributed by atoms with Gasteiger partial charge in [0.1, 0.15) is 17.0 Å². The average Bonchev–Trinajstić information content (AvgIpc) is 3.08. The van der Waals surface area contributed by atoms with Crippen molar-refractivity contribution in [2.24, 2.45) is 22.7 Å². The number of phenolic OH excluding ortho intramolecular Hbond substituents is 1. The monoisotopic (exact) mass is 441 g/mol. The molecule has 2 aliphatic heterocycles. The molecule has 6 rings (SSSR count). The van der Waals surface area contributed by atoms with E-state index in [-0.39, 0.29) is 47.4 Å². The number of carboxylic acid groups (broad SMARTS) is 1. The van der Waals surface area contributed by atoms with Crippen LogP contribution in [0.3, 0.4) is 0 Å². The van der Waals surface area contributed by atoms with Gasteiger partial charge in [-0.05, 0) is 62.1 Å². The third kappa shape index (κ3) is 2.75. The lowest BCUT2D eigenvalue weighted by molar-refractivity contribution is -0.169. The summed E-state index contributed by atoms with van der Waals surface area (Å²) in [6.07, 6.45) is 6.86. The van der Waals surface area contributed by atoms with Crippen LogP contribution in [0.4, 0.5) is 5.69 Å². The molecule has 3 aliphatic carbocycles. The van der Waals surface area contributed by atoms with Crippen LogP contribution in [0.1, 0.15) is 56.3 Å². The summed E-state index contributed by atoms with van der Waals surface area (Å²) in [7, 11) is 0. The van der Waals surface area contributed by atoms with Gasteiger partial charge < -0.3 is 25.4 Å². The summed E-state index contributed by atoms with van der Waals surface area (Å²) < 4.78 is 6.41. The molecule has 8 heteroatoms. The Labute approximate surface area is 185 Å². The van der Waals surface area contributed by atoms with Crippen LogP contribution in [0.15, 0.2) is 24.3 Å². The van der Waals surface area contributed by atoms with E-state index in [4.69, 9.17) is 9.84 Å². The lowest BCUT2D eigenvalue weighted by atomic mass is 9.51. The van der Waals surface area contributed by atoms with Crippen molar-refractivity contribution in [3.63, 3.8) is 0 Å². The predicted octanol–water partition coefficient (Wildman–Crippen LogP) is 3.23. The minimum atomic E-state index is -1.38. The second-order valence-electron chi connectivity index (χ2n) is 10.3. The van der Waals surface area contributed by atoms with Crippen molar-refractivity contribution in [3.05, 3.63) is 29.8 Å². The second-order valence-corrected chi connectivity index (χ2v) is 10.3. The maximum atomic E-state index is 13.1. The number of nitrogens with one attached hydrogen (secondary N) is 1. The number of rotatable bonds is 5. The molecule has 4 bridgehead atoms. The third-order valence-corrected chi connectivity index (χ3v) is 8.44. The number of carboxylic acids is 1. The summed E-state index contributed by atoms with van der Waals surface area (Å²) in [5.41, 5.74) is -1.75. The zero-order valence-corrected chi connectivity index (χ0v) is 18.1. The number of phenols is 2. The van der Waals surface area contributed by atoms with Crippen LogP contribution in [0.5, 0.6) is 11.5 Å². The smallest absolute Gasteiger partial charge is 0.339 e. The first-order valence-electron chi connectivity index (χ1n) is 11.0. The maximum Gasteiger partial charge on any atom is 0.339 e. The summed E-state index contributed by atoms with van der Waals surface area (Å²) >= 11 is 0. The van der Waals surface area contributed by atoms with Crippen molar-refractivity contribution in [2.45, 2.75) is 57.7 Å². The Morgan fingerprint density at radius 1 is 1.25 bits per heavy atom. The standard InChI is InChI=1S/C24H27NO7/c1-22(7-6-17(28)25-18-14(26)4-3-13(19(18)29)21(30)31)16(27)5-8-24-10-12-9-15(20(22)24)32-23(12,2)11-24/h3-5,8,12,15,20,26,29H,6-7,9-11H2,1-2H3,(H,25,28)(H,30,31)/t12?,15-,20?,22+,23-,24-/m0/s1. The average molecular weight is 441 g/mol. The van der Waals surface area contributed by atoms with Gasteiger partial charge in [-0.2, -0.15) is 0 Å². The minimum Gasteiger partial charge on any atom is -0.506 e. The Morgan fingerprint density at radius 2 is 2.00 bits per heavy atom. The van der Waals surface area contributed by atoms with Gasteiger partial charge in [0.15, 0.2) is 11.5 Å². The summed E-state index contributed by atoms with van der Waals surface area (Å²) in [5.74, 6) is -2.55. The SMILES string of the molecule is C[C@]12C[C@@]34C=CC(=O)[C@@](C)(CCC(=O)Nc5c(O)ccc(C(=O)O)c5O)C3[C@H](CC1C4)O2. The number of amides is 1. The normalized spacial score (nSPS) is 38.7. The van der Waals surface area contributed by atoms with Gasteiger partial charge in [-0.3, -0.25) is 9.59 Å². The molecule has 8 nitrogen and oxygen atoms in total. The lowest BCUT2D eigenvalue weighted by Gasteiger charge is -2.55. The fraction of sp³-hybridized carbons (Fsp3) is 0.542. The molecule has 2 heterocycles. The van der Waals surface area contributed by atoms with E-state index in [1.54, 1.807) is 6.08 Å². The van der Waals surface area contributed by atoms with Crippen molar-refractivity contribution in [1.82, 2.24) is 0 Å². The molecule has 4 N–H and O–H groups in total. The number of allylic oxidation sites excluding steroid dienone is 2. The van der Waals surface area contributed by atoms with Crippen molar-refractivity contribution in [3.8, 4) is 11.5 Å². The van der Waals surface area contributed by atoms with E-state index >= 15 is 0 Å². The number of benzene rings is 1. The first kappa shape index (κ1) is 21.0. The van der Waals surface area contributed by atoms with Gasteiger partial charge in [0, 0.05) is 17.8 Å². The van der Waals surface area contributed by atoms with Crippen LogP contribution in [0.2, 0.25) is 0 Å². The Morgan fingerprint density at radius 3 is 2.69 bits per heavy atom. The highest BCUT2D eigenvalue weighted by Gasteiger charge is 2.71. The van der Waals surface area contributed by atoms with E-state index in [1.807, 2.05) is 6.92 Å². The van der Waals surface area contributed by atoms with E-state index in [0.29, 0.717) is 5.92 Å². The molecular formula is C24H27NO7. The van der Waals surface area contributed by atoms with Gasteiger partial charge in [-0.25, -0.2) is 4.79 Å². The van der Waals surface area contributed by atoms with E-state index in [1.165, 1.54) is 0 Å². The fourth-order valence-corrected chi connectivity index (χ4v) is 7.09. The quantitative estimate of drug-likeness (QED) is 0.516. The first-order valence-corrected chi connectivity index (χ1v) is 11.0. The van der Waals surface area contributed by atoms with Crippen LogP contribution in [0.25, 0.3) is 0 Å². The van der Waals surface area contributed by atoms with E-state index in [2.05, 4.69) is 18.3 Å². The number of anilines is 1. The highest BCUT2D eigenvalue weighted by molar-refractivity contribution is 6.00. The molecule has 2 unspecified atom stereocenters. The third-order valence-electron chi connectivity index (χ3n) is 8.44. The molecule has 32 heavy (non-hydrogen) atoms. The Bertz CT molecular complexity index is 1080. The van der Waals surface area contributed by atoms with Crippen LogP contribution in [0, 0.1) is 22.7 Å². The number of hydrogen-bond acceptors (Lipinski definition) is 6. The Balaban J connectivity index is 1.36. The van der Waals surface area contributed by atoms with Gasteiger partial charge >= 0.3 is 5.97 Å². The molecule has 2 saturated carbocycles. The van der Waals surface area contributed by atoms with Gasteiger partial charge in [0.2, 0.25) is 5.91 Å². The van der Waals surface area contributed by atoms with Gasteiger partial charge in [-0.15, -0.1) is 0 Å². The van der Waals surface area contributed by atoms with Crippen LogP contribution in [-0.4, -0.2) is 44.7 Å². The number of aromatic hydroxyl groups is 2. The Hall–Kier alpha value is -2.87. The van der Waals surface area contributed by atoms with E-state index in [0.717, 1.165) is 31.4 Å². The number of carbonyl (C=O) groups is 3. The number of ether oxygens (including phenoxy) is 1. The maximum absolute atomic E-state index is 13.1. The molecule has 1 spiro atoms. The fourth-order valence-electron chi connectivity index (χ4n) is 7.09. The second kappa shape index (κ2) is 6.57. The zero-order valence-electron chi connectivity index (χ0n) is 18.1. The van der Waals surface area contributed by atoms with Gasteiger partial charge in [0.25, 0.3) is 0 Å². The summed E-state index contributed by atoms with van der Waals surface area (Å²) in [4.78, 5) is 37.0. The molecule has 1 aromatic rings. The van der Waals surface area contributed by atoms with Crippen LogP contribution < -0.4 is 5.32 Å². The molecule has 0 aromatic heterocycles. The van der Waals surface area contributed by atoms with Crippen molar-refractivity contribution in [1.29, 1.82) is 0 Å². The van der Waals surface area contributed by atoms with Crippen molar-refractivity contribution >= 4 is 23.3 Å². The van der Waals surface area contributed by atoms with Crippen LogP contribution in [-0.2, 0) is 14.3 Å². The molecule has 2 saturated heterocycles. The molecule has 0 radical (unpaired) electrons. The molecule has 6 atom stereocenters. The molecule has 5 aliphatic rings. The summed E-state index contributed by atoms with van der Waals surface area (Å²) in [5, 5.41) is 31.7. The van der Waals surface area contributed by atoms with E-state index < -0.39 is 34.4 Å². The number of aromatic carboxylic acids is 1. The molecule has 4 fully saturated rings. The zero-order chi connectivity index (χ0) is 23.1. The number of ketones is 1. The minimum absolute atomic E-state index is 0.00395. The molecule has 1 aromatic carbocycles. The first-order chi connectivity index (χ1) is 15.0. The Kier molecular flexibility index (Phi) is 4.31. The lowest BCUT2D eigenvalue weighted by Crippen LogP contribution is -2.56. The summed E-state index contributed by atoms with van der Waals surface area (Å²) in [6, 6.07) is 2.16. The number of hydrogen-bond donors (Lipinski definition) is 4. The van der Waals surface area contributed by atoms with Crippen LogP contribution >= 0.6 is 0 Å². The van der Waals surface area contributed by atoms with E-state index in [9.17, 15) is 24.6 Å². The van der Waals surface area contributed by atoms with Crippen molar-refractivity contribution in [2.75, 3.05) is 5.32 Å². The molecule has 170 valence electrons. The number of carbonyl (C=O) groups excluding carboxylic acids is 2. The highest BCUT2D eigenvalue weighted by atomic mass is 16.5. The predicted molar refractivity (Wildman–Crippen MR) is 113 cm³/mol. The summed E-state index contributed by atoms with van der Waals surface area (Å²) in [6.45, 7) is 4.08. The highest BCUT2D eigenvalue weighted by Crippen LogP contribution is 2.71. The molecule has 1 amide bonds. The topological polar surface area (TPSA) is 133 Å². The molecular weight excluding hydrogens is 414 g/mol. The van der Waals surface area contributed by atoms with Gasteiger partial charge in [0.05, 0.1) is 11.7 Å². The largest absolute Gasteiger partial charge is 0.506 e. The van der Waals surface area contributed by atoms with Crippen molar-refractivity contribution < 1.29 is 34.4 Å².